The summed E-state index contributed by atoms with van der Waals surface area (Å²) in [5.74, 6) is 2.04. The number of carboxylic acids is 1. The summed E-state index contributed by atoms with van der Waals surface area (Å²) in [6.07, 6.45) is 2.66. The molecule has 7 heteroatoms. The van der Waals surface area contributed by atoms with Gasteiger partial charge in [0.2, 0.25) is 11.5 Å². The standard InChI is InChI=1S/C24H30O7/c1-15(14-31-18-10-8-17(9-11-18)13-20(25)26)7-12-19-16(2)21(27-3)23(29-5)24(30-6)22(19)28-4/h7-11H,12-14H2,1-6H3,(H,25,26)/b15-7+. The van der Waals surface area contributed by atoms with Crippen LogP contribution in [0.15, 0.2) is 35.9 Å². The molecule has 7 nitrogen and oxygen atoms in total. The lowest BCUT2D eigenvalue weighted by atomic mass is 10.00. The molecule has 0 unspecified atom stereocenters. The largest absolute Gasteiger partial charge is 0.492 e. The smallest absolute Gasteiger partial charge is 0.307 e. The van der Waals surface area contributed by atoms with Crippen LogP contribution >= 0.6 is 0 Å². The van der Waals surface area contributed by atoms with E-state index >= 15 is 0 Å². The second-order valence-electron chi connectivity index (χ2n) is 6.99. The number of carboxylic acid groups (broad SMARTS) is 1. The van der Waals surface area contributed by atoms with Gasteiger partial charge in [0.15, 0.2) is 11.5 Å². The summed E-state index contributed by atoms with van der Waals surface area (Å²) >= 11 is 0. The molecule has 0 fully saturated rings. The third-order valence-corrected chi connectivity index (χ3v) is 4.90. The van der Waals surface area contributed by atoms with Crippen LogP contribution in [0.25, 0.3) is 0 Å². The molecule has 2 rings (SSSR count). The number of rotatable bonds is 11. The van der Waals surface area contributed by atoms with E-state index in [0.29, 0.717) is 41.8 Å². The Labute approximate surface area is 183 Å². The Morgan fingerprint density at radius 2 is 1.45 bits per heavy atom. The molecular weight excluding hydrogens is 400 g/mol. The van der Waals surface area contributed by atoms with Crippen LogP contribution in [0.1, 0.15) is 23.6 Å². The molecule has 0 aliphatic rings. The Hall–Kier alpha value is -3.35. The van der Waals surface area contributed by atoms with E-state index in [1.807, 2.05) is 13.8 Å². The van der Waals surface area contributed by atoms with Crippen molar-refractivity contribution in [2.24, 2.45) is 0 Å². The second-order valence-corrected chi connectivity index (χ2v) is 6.99. The van der Waals surface area contributed by atoms with Gasteiger partial charge in [-0.25, -0.2) is 0 Å². The Balaban J connectivity index is 2.17. The van der Waals surface area contributed by atoms with E-state index < -0.39 is 5.97 Å². The van der Waals surface area contributed by atoms with Crippen molar-refractivity contribution in [3.8, 4) is 28.7 Å². The minimum atomic E-state index is -0.857. The fraction of sp³-hybridized carbons (Fsp3) is 0.375. The molecular formula is C24H30O7. The van der Waals surface area contributed by atoms with Crippen molar-refractivity contribution in [2.75, 3.05) is 35.0 Å². The summed E-state index contributed by atoms with van der Waals surface area (Å²) in [6, 6.07) is 7.06. The maximum Gasteiger partial charge on any atom is 0.307 e. The van der Waals surface area contributed by atoms with Gasteiger partial charge in [0.25, 0.3) is 0 Å². The molecule has 0 atom stereocenters. The fourth-order valence-corrected chi connectivity index (χ4v) is 3.31. The Bertz CT molecular complexity index is 930. The highest BCUT2D eigenvalue weighted by molar-refractivity contribution is 5.70. The van der Waals surface area contributed by atoms with Gasteiger partial charge >= 0.3 is 5.97 Å². The van der Waals surface area contributed by atoms with Crippen LogP contribution in [0.4, 0.5) is 0 Å². The van der Waals surface area contributed by atoms with E-state index in [0.717, 1.165) is 22.3 Å². The van der Waals surface area contributed by atoms with Crippen LogP contribution < -0.4 is 23.7 Å². The SMILES string of the molecule is COc1c(C)c(C/C=C(\C)COc2ccc(CC(=O)O)cc2)c(OC)c(OC)c1OC. The fourth-order valence-electron chi connectivity index (χ4n) is 3.31. The number of methoxy groups -OCH3 is 4. The third kappa shape index (κ3) is 5.84. The van der Waals surface area contributed by atoms with Gasteiger partial charge in [-0.1, -0.05) is 18.2 Å². The van der Waals surface area contributed by atoms with Gasteiger partial charge < -0.3 is 28.8 Å². The van der Waals surface area contributed by atoms with Gasteiger partial charge in [-0.05, 0) is 43.5 Å². The van der Waals surface area contributed by atoms with Crippen LogP contribution in [0.5, 0.6) is 28.7 Å². The number of hydrogen-bond acceptors (Lipinski definition) is 6. The molecule has 0 saturated heterocycles. The maximum absolute atomic E-state index is 10.8. The highest BCUT2D eigenvalue weighted by Gasteiger charge is 2.24. The summed E-state index contributed by atoms with van der Waals surface area (Å²) < 4.78 is 28.0. The molecule has 2 aromatic rings. The Morgan fingerprint density at radius 1 is 0.903 bits per heavy atom. The summed E-state index contributed by atoms with van der Waals surface area (Å²) in [5.41, 5.74) is 3.62. The normalized spacial score (nSPS) is 11.1. The van der Waals surface area contributed by atoms with Crippen molar-refractivity contribution >= 4 is 5.97 Å². The minimum absolute atomic E-state index is 0.00478. The molecule has 0 amide bonds. The zero-order chi connectivity index (χ0) is 23.0. The molecule has 0 aromatic heterocycles. The van der Waals surface area contributed by atoms with Gasteiger partial charge in [-0.2, -0.15) is 0 Å². The molecule has 0 bridgehead atoms. The number of benzene rings is 2. The first kappa shape index (κ1) is 23.9. The minimum Gasteiger partial charge on any atom is -0.492 e. The van der Waals surface area contributed by atoms with Gasteiger partial charge in [0, 0.05) is 11.1 Å². The molecule has 0 radical (unpaired) electrons. The zero-order valence-electron chi connectivity index (χ0n) is 18.9. The first-order chi connectivity index (χ1) is 14.9. The van der Waals surface area contributed by atoms with E-state index in [1.165, 1.54) is 0 Å². The van der Waals surface area contributed by atoms with E-state index in [4.69, 9.17) is 28.8 Å². The van der Waals surface area contributed by atoms with Crippen molar-refractivity contribution in [1.29, 1.82) is 0 Å². The van der Waals surface area contributed by atoms with Gasteiger partial charge in [-0.3, -0.25) is 4.79 Å². The quantitative estimate of drug-likeness (QED) is 0.534. The number of carbonyl (C=O) groups is 1. The lowest BCUT2D eigenvalue weighted by Crippen LogP contribution is -2.05. The molecule has 1 N–H and O–H groups in total. The first-order valence-electron chi connectivity index (χ1n) is 9.80. The van der Waals surface area contributed by atoms with Crippen molar-refractivity contribution in [1.82, 2.24) is 0 Å². The second kappa shape index (κ2) is 11.2. The van der Waals surface area contributed by atoms with Crippen LogP contribution in [0, 0.1) is 6.92 Å². The maximum atomic E-state index is 10.8. The van der Waals surface area contributed by atoms with Crippen molar-refractivity contribution in [2.45, 2.75) is 26.7 Å². The molecule has 0 heterocycles. The van der Waals surface area contributed by atoms with Crippen molar-refractivity contribution in [3.63, 3.8) is 0 Å². The molecule has 0 aliphatic carbocycles. The first-order valence-corrected chi connectivity index (χ1v) is 9.80. The van der Waals surface area contributed by atoms with Crippen LogP contribution in [-0.4, -0.2) is 46.1 Å². The van der Waals surface area contributed by atoms with Crippen LogP contribution in [-0.2, 0) is 17.6 Å². The number of ether oxygens (including phenoxy) is 5. The predicted molar refractivity (Wildman–Crippen MR) is 118 cm³/mol. The third-order valence-electron chi connectivity index (χ3n) is 4.90. The molecule has 2 aromatic carbocycles. The summed E-state index contributed by atoms with van der Waals surface area (Å²) in [7, 11) is 6.32. The molecule has 168 valence electrons. The van der Waals surface area contributed by atoms with Crippen molar-refractivity contribution < 1.29 is 33.6 Å². The van der Waals surface area contributed by atoms with Crippen LogP contribution in [0.3, 0.4) is 0 Å². The molecule has 0 spiro atoms. The zero-order valence-corrected chi connectivity index (χ0v) is 18.9. The Morgan fingerprint density at radius 3 is 1.97 bits per heavy atom. The summed E-state index contributed by atoms with van der Waals surface area (Å²) in [5, 5.41) is 8.85. The molecule has 31 heavy (non-hydrogen) atoms. The topological polar surface area (TPSA) is 83.5 Å². The number of hydrogen-bond donors (Lipinski definition) is 1. The van der Waals surface area contributed by atoms with E-state index in [9.17, 15) is 4.79 Å². The highest BCUT2D eigenvalue weighted by atomic mass is 16.5. The van der Waals surface area contributed by atoms with E-state index in [2.05, 4.69) is 6.08 Å². The summed E-state index contributed by atoms with van der Waals surface area (Å²) in [4.78, 5) is 10.8. The molecule has 0 saturated carbocycles. The lowest BCUT2D eigenvalue weighted by Gasteiger charge is -2.21. The Kier molecular flexibility index (Phi) is 8.61. The molecule has 0 aliphatic heterocycles. The predicted octanol–water partition coefficient (Wildman–Crippen LogP) is 4.22. The van der Waals surface area contributed by atoms with Gasteiger partial charge in [-0.15, -0.1) is 0 Å². The number of allylic oxidation sites excluding steroid dienone is 1. The highest BCUT2D eigenvalue weighted by Crippen LogP contribution is 2.49. The monoisotopic (exact) mass is 430 g/mol. The van der Waals surface area contributed by atoms with Crippen LogP contribution in [0.2, 0.25) is 0 Å². The van der Waals surface area contributed by atoms with Crippen molar-refractivity contribution in [3.05, 3.63) is 52.6 Å². The average molecular weight is 430 g/mol. The van der Waals surface area contributed by atoms with Gasteiger partial charge in [0.05, 0.1) is 34.9 Å². The number of aliphatic carboxylic acids is 1. The lowest BCUT2D eigenvalue weighted by molar-refractivity contribution is -0.136. The average Bonchev–Trinajstić information content (AvgIpc) is 2.76. The van der Waals surface area contributed by atoms with Gasteiger partial charge in [0.1, 0.15) is 12.4 Å². The van der Waals surface area contributed by atoms with E-state index in [1.54, 1.807) is 52.7 Å². The van der Waals surface area contributed by atoms with E-state index in [-0.39, 0.29) is 6.42 Å². The summed E-state index contributed by atoms with van der Waals surface area (Å²) in [6.45, 7) is 4.35.